The lowest BCUT2D eigenvalue weighted by atomic mass is 10.1. The second-order valence-electron chi connectivity index (χ2n) is 6.14. The first-order chi connectivity index (χ1) is 13.6. The minimum absolute atomic E-state index is 0.00422. The van der Waals surface area contributed by atoms with Crippen molar-refractivity contribution in [3.8, 4) is 11.3 Å². The molecule has 0 aliphatic heterocycles. The Morgan fingerprint density at radius 2 is 1.76 bits per heavy atom. The van der Waals surface area contributed by atoms with Gasteiger partial charge in [0.05, 0.1) is 21.3 Å². The Hall–Kier alpha value is -2.42. The molecule has 3 rings (SSSR count). The maximum atomic E-state index is 13.6. The van der Waals surface area contributed by atoms with Gasteiger partial charge >= 0.3 is 6.18 Å². The number of nitrogens with zero attached hydrogens (tertiary/aromatic N) is 2. The van der Waals surface area contributed by atoms with Gasteiger partial charge in [0.15, 0.2) is 0 Å². The zero-order valence-electron chi connectivity index (χ0n) is 14.6. The molecular formula is C19H14Cl2F4N4. The van der Waals surface area contributed by atoms with Crippen LogP contribution >= 0.6 is 23.2 Å². The second kappa shape index (κ2) is 8.52. The van der Waals surface area contributed by atoms with Crippen molar-refractivity contribution in [3.63, 3.8) is 0 Å². The third kappa shape index (κ3) is 5.14. The number of nitrogens with one attached hydrogen (secondary N) is 1. The molecule has 0 bridgehead atoms. The number of halogens is 6. The lowest BCUT2D eigenvalue weighted by molar-refractivity contribution is -0.137. The molecule has 152 valence electrons. The Morgan fingerprint density at radius 3 is 2.41 bits per heavy atom. The summed E-state index contributed by atoms with van der Waals surface area (Å²) in [4.78, 5) is 8.12. The van der Waals surface area contributed by atoms with E-state index in [1.165, 1.54) is 30.6 Å². The van der Waals surface area contributed by atoms with E-state index < -0.39 is 28.6 Å². The zero-order chi connectivity index (χ0) is 21.2. The maximum Gasteiger partial charge on any atom is 0.417 e. The summed E-state index contributed by atoms with van der Waals surface area (Å²) in [5, 5.41) is 2.58. The first-order valence-corrected chi connectivity index (χ1v) is 9.04. The Bertz CT molecular complexity index is 1030. The van der Waals surface area contributed by atoms with Gasteiger partial charge in [-0.25, -0.2) is 14.4 Å². The van der Waals surface area contributed by atoms with Crippen molar-refractivity contribution < 1.29 is 17.6 Å². The third-order valence-electron chi connectivity index (χ3n) is 4.11. The summed E-state index contributed by atoms with van der Waals surface area (Å²) in [6.45, 7) is 0.227. The highest BCUT2D eigenvalue weighted by atomic mass is 35.5. The molecule has 0 spiro atoms. The van der Waals surface area contributed by atoms with Crippen LogP contribution < -0.4 is 11.1 Å². The molecular weight excluding hydrogens is 431 g/mol. The van der Waals surface area contributed by atoms with Crippen LogP contribution in [0.5, 0.6) is 0 Å². The SMILES string of the molecule is N[C@H](CNc1cc(-c2ccc(C(F)(F)F)c(Cl)c2)ncn1)c1ccc(Cl)c(F)c1. The summed E-state index contributed by atoms with van der Waals surface area (Å²) < 4.78 is 52.1. The molecule has 0 radical (unpaired) electrons. The molecule has 0 saturated carbocycles. The number of alkyl halides is 3. The van der Waals surface area contributed by atoms with Crippen LogP contribution in [0.4, 0.5) is 23.4 Å². The topological polar surface area (TPSA) is 63.8 Å². The standard InChI is InChI=1S/C19H14Cl2F4N4/c20-13-4-2-10(6-15(13)22)16(26)8-27-18-7-17(28-9-29-18)11-1-3-12(14(21)5-11)19(23,24)25/h1-7,9,16H,8,26H2,(H,27,28,29)/t16-/m1/s1. The van der Waals surface area contributed by atoms with Crippen molar-refractivity contribution >= 4 is 29.0 Å². The van der Waals surface area contributed by atoms with E-state index in [-0.39, 0.29) is 11.6 Å². The van der Waals surface area contributed by atoms with Gasteiger partial charge in [0, 0.05) is 24.2 Å². The average Bonchev–Trinajstić information content (AvgIpc) is 2.67. The molecule has 29 heavy (non-hydrogen) atoms. The summed E-state index contributed by atoms with van der Waals surface area (Å²) in [5.74, 6) is -0.168. The van der Waals surface area contributed by atoms with Crippen LogP contribution in [0.15, 0.2) is 48.8 Å². The molecule has 1 heterocycles. The summed E-state index contributed by atoms with van der Waals surface area (Å²) in [6, 6.07) is 8.68. The first-order valence-electron chi connectivity index (χ1n) is 8.28. The number of benzene rings is 2. The van der Waals surface area contributed by atoms with E-state index in [1.54, 1.807) is 12.1 Å². The van der Waals surface area contributed by atoms with Crippen molar-refractivity contribution in [2.45, 2.75) is 12.2 Å². The summed E-state index contributed by atoms with van der Waals surface area (Å²) in [5.41, 5.74) is 6.45. The fourth-order valence-corrected chi connectivity index (χ4v) is 3.00. The summed E-state index contributed by atoms with van der Waals surface area (Å²) in [6.07, 6.45) is -3.28. The lowest BCUT2D eigenvalue weighted by Crippen LogP contribution is -2.21. The third-order valence-corrected chi connectivity index (χ3v) is 4.73. The second-order valence-corrected chi connectivity index (χ2v) is 6.96. The summed E-state index contributed by atoms with van der Waals surface area (Å²) in [7, 11) is 0. The molecule has 2 aromatic carbocycles. The number of hydrogen-bond acceptors (Lipinski definition) is 4. The highest BCUT2D eigenvalue weighted by Crippen LogP contribution is 2.36. The van der Waals surface area contributed by atoms with Crippen LogP contribution in [-0.4, -0.2) is 16.5 Å². The van der Waals surface area contributed by atoms with Crippen molar-refractivity contribution in [1.82, 2.24) is 9.97 Å². The Balaban J connectivity index is 1.74. The zero-order valence-corrected chi connectivity index (χ0v) is 16.2. The fourth-order valence-electron chi connectivity index (χ4n) is 2.59. The molecule has 3 aromatic rings. The molecule has 10 heteroatoms. The van der Waals surface area contributed by atoms with Gasteiger partial charge in [-0.1, -0.05) is 35.3 Å². The Labute approximate surface area is 173 Å². The van der Waals surface area contributed by atoms with E-state index in [4.69, 9.17) is 28.9 Å². The van der Waals surface area contributed by atoms with Crippen molar-refractivity contribution in [3.05, 3.63) is 75.8 Å². The van der Waals surface area contributed by atoms with Crippen LogP contribution in [0.3, 0.4) is 0 Å². The largest absolute Gasteiger partial charge is 0.417 e. The van der Waals surface area contributed by atoms with Crippen molar-refractivity contribution in [2.75, 3.05) is 11.9 Å². The van der Waals surface area contributed by atoms with Crippen LogP contribution in [0, 0.1) is 5.82 Å². The highest BCUT2D eigenvalue weighted by Gasteiger charge is 2.33. The normalized spacial score (nSPS) is 12.7. The molecule has 4 nitrogen and oxygen atoms in total. The van der Waals surface area contributed by atoms with Gasteiger partial charge in [0.1, 0.15) is 18.0 Å². The van der Waals surface area contributed by atoms with E-state index in [9.17, 15) is 17.6 Å². The van der Waals surface area contributed by atoms with Crippen LogP contribution in [-0.2, 0) is 6.18 Å². The molecule has 0 aliphatic carbocycles. The molecule has 3 N–H and O–H groups in total. The van der Waals surface area contributed by atoms with Gasteiger partial charge < -0.3 is 11.1 Å². The predicted octanol–water partition coefficient (Wildman–Crippen LogP) is 5.72. The number of rotatable bonds is 5. The molecule has 0 amide bonds. The number of hydrogen-bond donors (Lipinski definition) is 2. The number of anilines is 1. The van der Waals surface area contributed by atoms with Gasteiger partial charge in [-0.2, -0.15) is 13.2 Å². The first kappa shape index (κ1) is 21.3. The van der Waals surface area contributed by atoms with Gasteiger partial charge in [-0.3, -0.25) is 0 Å². The number of nitrogens with two attached hydrogens (primary N) is 1. The molecule has 0 aliphatic rings. The average molecular weight is 445 g/mol. The molecule has 1 atom stereocenters. The van der Waals surface area contributed by atoms with E-state index in [2.05, 4.69) is 15.3 Å². The predicted molar refractivity (Wildman–Crippen MR) is 104 cm³/mol. The summed E-state index contributed by atoms with van der Waals surface area (Å²) >= 11 is 11.4. The van der Waals surface area contributed by atoms with E-state index in [1.807, 2.05) is 0 Å². The van der Waals surface area contributed by atoms with Crippen molar-refractivity contribution in [1.29, 1.82) is 0 Å². The van der Waals surface area contributed by atoms with Gasteiger partial charge in [-0.15, -0.1) is 0 Å². The van der Waals surface area contributed by atoms with Gasteiger partial charge in [0.25, 0.3) is 0 Å². The van der Waals surface area contributed by atoms with E-state index in [0.29, 0.717) is 22.6 Å². The maximum absolute atomic E-state index is 13.6. The van der Waals surface area contributed by atoms with Crippen LogP contribution in [0.2, 0.25) is 10.0 Å². The molecule has 0 saturated heterocycles. The molecule has 1 aromatic heterocycles. The minimum atomic E-state index is -4.54. The molecule has 0 unspecified atom stereocenters. The minimum Gasteiger partial charge on any atom is -0.368 e. The van der Waals surface area contributed by atoms with Gasteiger partial charge in [-0.05, 0) is 29.8 Å². The Kier molecular flexibility index (Phi) is 6.26. The van der Waals surface area contributed by atoms with Crippen molar-refractivity contribution in [2.24, 2.45) is 5.73 Å². The quantitative estimate of drug-likeness (QED) is 0.493. The smallest absolute Gasteiger partial charge is 0.368 e. The Morgan fingerprint density at radius 1 is 1.00 bits per heavy atom. The molecule has 0 fully saturated rings. The van der Waals surface area contributed by atoms with Crippen LogP contribution in [0.1, 0.15) is 17.2 Å². The number of aromatic nitrogens is 2. The fraction of sp³-hybridized carbons (Fsp3) is 0.158. The lowest BCUT2D eigenvalue weighted by Gasteiger charge is -2.14. The monoisotopic (exact) mass is 444 g/mol. The highest BCUT2D eigenvalue weighted by molar-refractivity contribution is 6.31. The van der Waals surface area contributed by atoms with E-state index >= 15 is 0 Å². The van der Waals surface area contributed by atoms with Crippen LogP contribution in [0.25, 0.3) is 11.3 Å². The van der Waals surface area contributed by atoms with E-state index in [0.717, 1.165) is 6.07 Å². The van der Waals surface area contributed by atoms with Gasteiger partial charge in [0.2, 0.25) is 0 Å².